The Hall–Kier alpha value is -1.95. The van der Waals surface area contributed by atoms with E-state index < -0.39 is 21.9 Å². The van der Waals surface area contributed by atoms with E-state index in [1.807, 2.05) is 12.1 Å². The molecule has 0 radical (unpaired) electrons. The molecule has 0 saturated carbocycles. The summed E-state index contributed by atoms with van der Waals surface area (Å²) in [6, 6.07) is 9.01. The summed E-state index contributed by atoms with van der Waals surface area (Å²) in [6.07, 6.45) is -2.46. The van der Waals surface area contributed by atoms with Gasteiger partial charge < -0.3 is 0 Å². The zero-order valence-corrected chi connectivity index (χ0v) is 18.5. The molecule has 3 aromatic rings. The normalized spacial score (nSPS) is 15.1. The fourth-order valence-corrected chi connectivity index (χ4v) is 5.92. The lowest BCUT2D eigenvalue weighted by molar-refractivity contribution is -0.137. The van der Waals surface area contributed by atoms with E-state index in [2.05, 4.69) is 25.6 Å². The van der Waals surface area contributed by atoms with Gasteiger partial charge in [-0.15, -0.1) is 11.3 Å². The first-order valence-electron chi connectivity index (χ1n) is 8.80. The van der Waals surface area contributed by atoms with E-state index in [0.29, 0.717) is 21.6 Å². The van der Waals surface area contributed by atoms with E-state index >= 15 is 0 Å². The second-order valence-electron chi connectivity index (χ2n) is 6.66. The van der Waals surface area contributed by atoms with Crippen LogP contribution in [0.5, 0.6) is 0 Å². The van der Waals surface area contributed by atoms with Crippen molar-refractivity contribution in [2.24, 2.45) is 0 Å². The molecule has 0 atom stereocenters. The third kappa shape index (κ3) is 4.25. The van der Waals surface area contributed by atoms with Crippen LogP contribution in [0, 0.1) is 0 Å². The Kier molecular flexibility index (Phi) is 5.64. The molecule has 2 heterocycles. The van der Waals surface area contributed by atoms with Gasteiger partial charge in [0.2, 0.25) is 0 Å². The maximum Gasteiger partial charge on any atom is 0.416 e. The Labute approximate surface area is 183 Å². The summed E-state index contributed by atoms with van der Waals surface area (Å²) in [6.45, 7) is 0.422. The Bertz CT molecular complexity index is 1180. The van der Waals surface area contributed by atoms with Crippen molar-refractivity contribution in [2.45, 2.75) is 19.1 Å². The minimum Gasteiger partial charge on any atom is -0.246 e. The minimum atomic E-state index is -4.42. The van der Waals surface area contributed by atoms with Crippen LogP contribution < -0.4 is 4.72 Å². The molecule has 1 aliphatic rings. The van der Waals surface area contributed by atoms with Gasteiger partial charge in [-0.2, -0.15) is 25.9 Å². The molecule has 1 N–H and O–H groups in total. The van der Waals surface area contributed by atoms with Gasteiger partial charge in [-0.3, -0.25) is 0 Å². The van der Waals surface area contributed by atoms with Crippen LogP contribution in [0.3, 0.4) is 0 Å². The lowest BCUT2D eigenvalue weighted by Gasteiger charge is -2.29. The van der Waals surface area contributed by atoms with Gasteiger partial charge in [0.25, 0.3) is 0 Å². The highest BCUT2D eigenvalue weighted by atomic mass is 79.9. The molecule has 4 rings (SSSR count). The van der Waals surface area contributed by atoms with Crippen LogP contribution in [0.25, 0.3) is 11.1 Å². The molecular weight excluding hydrogens is 503 g/mol. The molecule has 5 nitrogen and oxygen atoms in total. The largest absolute Gasteiger partial charge is 0.416 e. The molecule has 0 saturated heterocycles. The van der Waals surface area contributed by atoms with Gasteiger partial charge in [0.1, 0.15) is 0 Å². The fraction of sp³-hybridized carbons (Fsp3) is 0.211. The summed E-state index contributed by atoms with van der Waals surface area (Å²) >= 11 is 4.45. The van der Waals surface area contributed by atoms with Crippen LogP contribution in [-0.4, -0.2) is 24.3 Å². The highest BCUT2D eigenvalue weighted by Gasteiger charge is 2.32. The van der Waals surface area contributed by atoms with Crippen molar-refractivity contribution in [2.75, 3.05) is 11.3 Å². The topological polar surface area (TPSA) is 62.3 Å². The Morgan fingerprint density at radius 3 is 2.63 bits per heavy atom. The quantitative estimate of drug-likeness (QED) is 0.510. The van der Waals surface area contributed by atoms with E-state index in [0.717, 1.165) is 28.8 Å². The van der Waals surface area contributed by atoms with Gasteiger partial charge in [-0.1, -0.05) is 40.2 Å². The molecule has 1 aromatic heterocycles. The summed E-state index contributed by atoms with van der Waals surface area (Å²) in [5.41, 5.74) is 2.44. The van der Waals surface area contributed by atoms with Crippen molar-refractivity contribution in [3.8, 4) is 11.1 Å². The zero-order valence-electron chi connectivity index (χ0n) is 15.3. The van der Waals surface area contributed by atoms with Crippen LogP contribution in [0.1, 0.15) is 16.7 Å². The SMILES string of the molecule is O=S(=O)(Nc1nccs1)N1CCc2c(cccc2-c2ccc(C(F)(F)F)cc2Br)C1. The Morgan fingerprint density at radius 1 is 1.17 bits per heavy atom. The van der Waals surface area contributed by atoms with Crippen molar-refractivity contribution < 1.29 is 21.6 Å². The smallest absolute Gasteiger partial charge is 0.246 e. The molecule has 0 unspecified atom stereocenters. The van der Waals surface area contributed by atoms with Crippen LogP contribution in [0.4, 0.5) is 18.3 Å². The van der Waals surface area contributed by atoms with Crippen LogP contribution in [0.2, 0.25) is 0 Å². The van der Waals surface area contributed by atoms with Gasteiger partial charge in [0.05, 0.1) is 5.56 Å². The molecule has 0 aliphatic carbocycles. The number of anilines is 1. The number of benzene rings is 2. The number of hydrogen-bond donors (Lipinski definition) is 1. The molecular formula is C19H15BrF3N3O2S2. The standard InChI is InChI=1S/C19H15BrF3N3O2S2/c20-17-10-13(19(21,22)23)4-5-16(17)15-3-1-2-12-11-26(8-6-14(12)15)30(27,28)25-18-24-7-9-29-18/h1-5,7,9-10H,6,8,11H2,(H,24,25). The van der Waals surface area contributed by atoms with Gasteiger partial charge in [0.15, 0.2) is 5.13 Å². The number of alkyl halides is 3. The first kappa shape index (κ1) is 21.3. The molecule has 158 valence electrons. The molecule has 0 fully saturated rings. The maximum atomic E-state index is 13.0. The number of halogens is 4. The van der Waals surface area contributed by atoms with E-state index in [1.165, 1.54) is 27.9 Å². The van der Waals surface area contributed by atoms with Crippen molar-refractivity contribution in [3.63, 3.8) is 0 Å². The number of rotatable bonds is 4. The number of fused-ring (bicyclic) bond motifs is 1. The molecule has 0 bridgehead atoms. The van der Waals surface area contributed by atoms with E-state index in [1.54, 1.807) is 11.4 Å². The monoisotopic (exact) mass is 517 g/mol. The van der Waals surface area contributed by atoms with Crippen molar-refractivity contribution in [1.82, 2.24) is 9.29 Å². The maximum absolute atomic E-state index is 13.0. The second kappa shape index (κ2) is 7.95. The van der Waals surface area contributed by atoms with Gasteiger partial charge in [-0.25, -0.2) is 9.71 Å². The number of nitrogens with one attached hydrogen (secondary N) is 1. The van der Waals surface area contributed by atoms with Crippen LogP contribution in [0.15, 0.2) is 52.4 Å². The molecule has 2 aromatic carbocycles. The van der Waals surface area contributed by atoms with E-state index in [9.17, 15) is 21.6 Å². The summed E-state index contributed by atoms with van der Waals surface area (Å²) in [5.74, 6) is 0. The summed E-state index contributed by atoms with van der Waals surface area (Å²) in [5, 5.41) is 1.97. The highest BCUT2D eigenvalue weighted by Crippen LogP contribution is 2.38. The second-order valence-corrected chi connectivity index (χ2v) is 10.1. The predicted molar refractivity (Wildman–Crippen MR) is 113 cm³/mol. The first-order chi connectivity index (χ1) is 14.1. The first-order valence-corrected chi connectivity index (χ1v) is 11.9. The third-order valence-corrected chi connectivity index (χ3v) is 7.72. The van der Waals surface area contributed by atoms with Gasteiger partial charge >= 0.3 is 16.4 Å². The number of hydrogen-bond acceptors (Lipinski definition) is 4. The molecule has 1 aliphatic heterocycles. The van der Waals surface area contributed by atoms with Crippen molar-refractivity contribution in [3.05, 3.63) is 69.1 Å². The molecule has 0 spiro atoms. The fourth-order valence-electron chi connectivity index (χ4n) is 3.40. The third-order valence-electron chi connectivity index (χ3n) is 4.81. The van der Waals surface area contributed by atoms with Crippen LogP contribution >= 0.6 is 27.3 Å². The average Bonchev–Trinajstić information content (AvgIpc) is 3.18. The molecule has 30 heavy (non-hydrogen) atoms. The number of nitrogens with zero attached hydrogens (tertiary/aromatic N) is 2. The number of thiazole rings is 1. The summed E-state index contributed by atoms with van der Waals surface area (Å²) in [4.78, 5) is 3.94. The lowest BCUT2D eigenvalue weighted by atomic mass is 9.91. The predicted octanol–water partition coefficient (Wildman–Crippen LogP) is 5.31. The molecule has 0 amide bonds. The minimum absolute atomic E-state index is 0.169. The average molecular weight is 518 g/mol. The lowest BCUT2D eigenvalue weighted by Crippen LogP contribution is -2.39. The van der Waals surface area contributed by atoms with E-state index in [4.69, 9.17) is 0 Å². The van der Waals surface area contributed by atoms with Gasteiger partial charge in [0, 0.05) is 29.1 Å². The number of aromatic nitrogens is 1. The Morgan fingerprint density at radius 2 is 1.97 bits per heavy atom. The van der Waals surface area contributed by atoms with Crippen LogP contribution in [-0.2, 0) is 29.4 Å². The zero-order chi connectivity index (χ0) is 21.5. The Balaban J connectivity index is 1.64. The van der Waals surface area contributed by atoms with Gasteiger partial charge in [-0.05, 0) is 40.8 Å². The van der Waals surface area contributed by atoms with E-state index in [-0.39, 0.29) is 13.1 Å². The summed E-state index contributed by atoms with van der Waals surface area (Å²) in [7, 11) is -3.76. The highest BCUT2D eigenvalue weighted by molar-refractivity contribution is 9.10. The van der Waals surface area contributed by atoms with Crippen molar-refractivity contribution >= 4 is 42.6 Å². The van der Waals surface area contributed by atoms with Crippen molar-refractivity contribution in [1.29, 1.82) is 0 Å². The molecule has 11 heteroatoms. The summed E-state index contributed by atoms with van der Waals surface area (Å²) < 4.78 is 68.4.